The average molecular weight is 258 g/mol. The summed E-state index contributed by atoms with van der Waals surface area (Å²) in [6, 6.07) is 2.09. The summed E-state index contributed by atoms with van der Waals surface area (Å²) >= 11 is 0. The van der Waals surface area contributed by atoms with Gasteiger partial charge in [-0.15, -0.1) is 0 Å². The Labute approximate surface area is 108 Å². The van der Waals surface area contributed by atoms with Gasteiger partial charge in [-0.2, -0.15) is 0 Å². The Kier molecular flexibility index (Phi) is 5.00. The molecule has 0 spiro atoms. The van der Waals surface area contributed by atoms with Gasteiger partial charge in [0.2, 0.25) is 0 Å². The molecule has 0 amide bonds. The summed E-state index contributed by atoms with van der Waals surface area (Å²) in [5.41, 5.74) is 0. The molecular formula is C13H26N2OS. The van der Waals surface area contributed by atoms with Crippen LogP contribution in [0.4, 0.5) is 0 Å². The SMILES string of the molecule is CC(C)NC1CCC(N2CCS(=O)CC2)CC1. The van der Waals surface area contributed by atoms with E-state index in [0.717, 1.165) is 36.7 Å². The first-order valence-electron chi connectivity index (χ1n) is 7.00. The minimum atomic E-state index is -0.534. The zero-order valence-electron chi connectivity index (χ0n) is 11.2. The molecule has 1 saturated carbocycles. The average Bonchev–Trinajstić information content (AvgIpc) is 2.30. The topological polar surface area (TPSA) is 32.3 Å². The molecule has 0 aromatic rings. The molecule has 1 heterocycles. The Morgan fingerprint density at radius 3 is 2.24 bits per heavy atom. The molecule has 0 bridgehead atoms. The van der Waals surface area contributed by atoms with E-state index in [1.807, 2.05) is 0 Å². The highest BCUT2D eigenvalue weighted by Crippen LogP contribution is 2.24. The maximum Gasteiger partial charge on any atom is 0.0363 e. The molecule has 0 radical (unpaired) electrons. The van der Waals surface area contributed by atoms with E-state index < -0.39 is 10.8 Å². The monoisotopic (exact) mass is 258 g/mol. The van der Waals surface area contributed by atoms with Gasteiger partial charge in [0, 0.05) is 53.5 Å². The summed E-state index contributed by atoms with van der Waals surface area (Å²) in [6.07, 6.45) is 5.25. The number of nitrogens with one attached hydrogen (secondary N) is 1. The first-order chi connectivity index (χ1) is 8.15. The zero-order chi connectivity index (χ0) is 12.3. The molecule has 1 aliphatic carbocycles. The maximum atomic E-state index is 11.3. The first-order valence-corrected chi connectivity index (χ1v) is 8.49. The fraction of sp³-hybridized carbons (Fsp3) is 1.00. The van der Waals surface area contributed by atoms with Crippen molar-refractivity contribution in [2.75, 3.05) is 24.6 Å². The van der Waals surface area contributed by atoms with Crippen molar-refractivity contribution in [3.05, 3.63) is 0 Å². The van der Waals surface area contributed by atoms with Gasteiger partial charge in [-0.25, -0.2) is 0 Å². The van der Waals surface area contributed by atoms with Gasteiger partial charge in [0.25, 0.3) is 0 Å². The number of hydrogen-bond acceptors (Lipinski definition) is 3. The van der Waals surface area contributed by atoms with E-state index in [-0.39, 0.29) is 0 Å². The molecule has 17 heavy (non-hydrogen) atoms. The quantitative estimate of drug-likeness (QED) is 0.829. The lowest BCUT2D eigenvalue weighted by atomic mass is 9.89. The smallest absolute Gasteiger partial charge is 0.0363 e. The molecule has 4 heteroatoms. The van der Waals surface area contributed by atoms with E-state index in [1.54, 1.807) is 0 Å². The van der Waals surface area contributed by atoms with Crippen LogP contribution in [0.1, 0.15) is 39.5 Å². The molecule has 100 valence electrons. The van der Waals surface area contributed by atoms with Crippen LogP contribution >= 0.6 is 0 Å². The van der Waals surface area contributed by atoms with Crippen LogP contribution in [0.15, 0.2) is 0 Å². The standard InChI is InChI=1S/C13H26N2OS/c1-11(2)14-12-3-5-13(6-4-12)15-7-9-17(16)10-8-15/h11-14H,3-10H2,1-2H3. The van der Waals surface area contributed by atoms with Crippen LogP contribution in [-0.4, -0.2) is 51.8 Å². The lowest BCUT2D eigenvalue weighted by molar-refractivity contribution is 0.153. The third-order valence-electron chi connectivity index (χ3n) is 3.99. The van der Waals surface area contributed by atoms with Gasteiger partial charge in [0.15, 0.2) is 0 Å². The van der Waals surface area contributed by atoms with E-state index in [9.17, 15) is 4.21 Å². The van der Waals surface area contributed by atoms with Gasteiger partial charge >= 0.3 is 0 Å². The van der Waals surface area contributed by atoms with Crippen molar-refractivity contribution in [2.24, 2.45) is 0 Å². The second kappa shape index (κ2) is 6.30. The third-order valence-corrected chi connectivity index (χ3v) is 5.27. The maximum absolute atomic E-state index is 11.3. The summed E-state index contributed by atoms with van der Waals surface area (Å²) < 4.78 is 11.3. The summed E-state index contributed by atoms with van der Waals surface area (Å²) in [5.74, 6) is 1.79. The second-order valence-electron chi connectivity index (χ2n) is 5.71. The molecule has 1 aliphatic heterocycles. The molecule has 2 fully saturated rings. The van der Waals surface area contributed by atoms with Crippen LogP contribution in [0.2, 0.25) is 0 Å². The van der Waals surface area contributed by atoms with Gasteiger partial charge in [-0.3, -0.25) is 9.11 Å². The molecule has 0 aromatic carbocycles. The van der Waals surface area contributed by atoms with Gasteiger partial charge in [-0.1, -0.05) is 13.8 Å². The minimum Gasteiger partial charge on any atom is -0.312 e. The van der Waals surface area contributed by atoms with Crippen molar-refractivity contribution < 1.29 is 4.21 Å². The zero-order valence-corrected chi connectivity index (χ0v) is 12.0. The Morgan fingerprint density at radius 1 is 1.12 bits per heavy atom. The van der Waals surface area contributed by atoms with Crippen molar-refractivity contribution in [3.63, 3.8) is 0 Å². The fourth-order valence-electron chi connectivity index (χ4n) is 3.10. The largest absolute Gasteiger partial charge is 0.312 e. The normalized spacial score (nSPS) is 33.1. The summed E-state index contributed by atoms with van der Waals surface area (Å²) in [7, 11) is -0.534. The van der Waals surface area contributed by atoms with E-state index in [4.69, 9.17) is 0 Å². The highest BCUT2D eigenvalue weighted by atomic mass is 32.2. The molecule has 2 aliphatic rings. The Bertz CT molecular complexity index is 252. The van der Waals surface area contributed by atoms with Crippen molar-refractivity contribution in [1.82, 2.24) is 10.2 Å². The molecule has 3 nitrogen and oxygen atoms in total. The first kappa shape index (κ1) is 13.5. The molecule has 2 rings (SSSR count). The van der Waals surface area contributed by atoms with E-state index in [2.05, 4.69) is 24.1 Å². The fourth-order valence-corrected chi connectivity index (χ4v) is 4.18. The predicted molar refractivity (Wildman–Crippen MR) is 73.8 cm³/mol. The van der Waals surface area contributed by atoms with Crippen LogP contribution in [0, 0.1) is 0 Å². The predicted octanol–water partition coefficient (Wildman–Crippen LogP) is 1.36. The van der Waals surface area contributed by atoms with Crippen LogP contribution in [0.25, 0.3) is 0 Å². The molecular weight excluding hydrogens is 232 g/mol. The summed E-state index contributed by atoms with van der Waals surface area (Å²) in [6.45, 7) is 6.57. The van der Waals surface area contributed by atoms with Gasteiger partial charge in [-0.05, 0) is 25.7 Å². The summed E-state index contributed by atoms with van der Waals surface area (Å²) in [4.78, 5) is 2.58. The number of nitrogens with zero attached hydrogens (tertiary/aromatic N) is 1. The van der Waals surface area contributed by atoms with Crippen LogP contribution in [-0.2, 0) is 10.8 Å². The van der Waals surface area contributed by atoms with Crippen molar-refractivity contribution in [3.8, 4) is 0 Å². The number of rotatable bonds is 3. The summed E-state index contributed by atoms with van der Waals surface area (Å²) in [5, 5.41) is 3.65. The van der Waals surface area contributed by atoms with E-state index in [1.165, 1.54) is 25.7 Å². The minimum absolute atomic E-state index is 0.534. The molecule has 1 saturated heterocycles. The van der Waals surface area contributed by atoms with Crippen LogP contribution < -0.4 is 5.32 Å². The van der Waals surface area contributed by atoms with Gasteiger partial charge in [0.05, 0.1) is 0 Å². The van der Waals surface area contributed by atoms with E-state index >= 15 is 0 Å². The lowest BCUT2D eigenvalue weighted by Crippen LogP contribution is -2.48. The molecule has 0 aromatic heterocycles. The van der Waals surface area contributed by atoms with Gasteiger partial charge in [0.1, 0.15) is 0 Å². The highest BCUT2D eigenvalue weighted by molar-refractivity contribution is 7.85. The molecule has 0 unspecified atom stereocenters. The second-order valence-corrected chi connectivity index (χ2v) is 7.41. The van der Waals surface area contributed by atoms with Crippen molar-refractivity contribution >= 4 is 10.8 Å². The van der Waals surface area contributed by atoms with Crippen molar-refractivity contribution in [1.29, 1.82) is 0 Å². The number of hydrogen-bond donors (Lipinski definition) is 1. The van der Waals surface area contributed by atoms with E-state index in [0.29, 0.717) is 6.04 Å². The lowest BCUT2D eigenvalue weighted by Gasteiger charge is -2.39. The van der Waals surface area contributed by atoms with Crippen LogP contribution in [0.5, 0.6) is 0 Å². The van der Waals surface area contributed by atoms with Gasteiger partial charge < -0.3 is 5.32 Å². The Morgan fingerprint density at radius 2 is 1.71 bits per heavy atom. The molecule has 0 atom stereocenters. The highest BCUT2D eigenvalue weighted by Gasteiger charge is 2.27. The Hall–Kier alpha value is 0.0700. The molecule has 1 N–H and O–H groups in total. The van der Waals surface area contributed by atoms with Crippen molar-refractivity contribution in [2.45, 2.75) is 57.7 Å². The Balaban J connectivity index is 1.73. The van der Waals surface area contributed by atoms with Crippen LogP contribution in [0.3, 0.4) is 0 Å². The third kappa shape index (κ3) is 4.04.